The number of carbonyl (C=O) groups is 1. The maximum Gasteiger partial charge on any atom is 0.241 e. The first-order chi connectivity index (χ1) is 9.63. The minimum atomic E-state index is 0.0192. The molecule has 20 heavy (non-hydrogen) atoms. The molecule has 0 aromatic heterocycles. The van der Waals surface area contributed by atoms with Gasteiger partial charge in [0.1, 0.15) is 0 Å². The topological polar surface area (TPSA) is 41.6 Å². The van der Waals surface area contributed by atoms with Gasteiger partial charge in [-0.3, -0.25) is 10.1 Å². The van der Waals surface area contributed by atoms with Crippen molar-refractivity contribution in [3.63, 3.8) is 0 Å². The molecule has 4 nitrogen and oxygen atoms in total. The van der Waals surface area contributed by atoms with Crippen molar-refractivity contribution in [1.29, 1.82) is 0 Å². The summed E-state index contributed by atoms with van der Waals surface area (Å²) in [5.74, 6) is 1.47. The lowest BCUT2D eigenvalue weighted by atomic mass is 10.0. The lowest BCUT2D eigenvalue weighted by Gasteiger charge is -2.29. The van der Waals surface area contributed by atoms with Gasteiger partial charge in [-0.1, -0.05) is 33.6 Å². The number of nitrogens with zero attached hydrogens (tertiary/aromatic N) is 1. The first-order valence-corrected chi connectivity index (χ1v) is 8.27. The lowest BCUT2D eigenvalue weighted by molar-refractivity contribution is -0.131. The number of hydrogen-bond donors (Lipinski definition) is 1. The van der Waals surface area contributed by atoms with E-state index in [4.69, 9.17) is 4.74 Å². The van der Waals surface area contributed by atoms with Crippen molar-refractivity contribution in [3.05, 3.63) is 0 Å². The molecule has 2 rings (SSSR count). The van der Waals surface area contributed by atoms with Crippen LogP contribution < -0.4 is 5.32 Å². The Kier molecular flexibility index (Phi) is 5.85. The van der Waals surface area contributed by atoms with Crippen LogP contribution in [-0.4, -0.2) is 42.8 Å². The molecular formula is C16H30N2O2. The zero-order valence-electron chi connectivity index (χ0n) is 13.2. The predicted octanol–water partition coefficient (Wildman–Crippen LogP) is 2.39. The van der Waals surface area contributed by atoms with Crippen LogP contribution >= 0.6 is 0 Å². The molecule has 2 unspecified atom stereocenters. The van der Waals surface area contributed by atoms with Crippen molar-refractivity contribution in [2.24, 2.45) is 11.8 Å². The van der Waals surface area contributed by atoms with Crippen LogP contribution in [0.2, 0.25) is 0 Å². The van der Waals surface area contributed by atoms with E-state index in [2.05, 4.69) is 26.1 Å². The van der Waals surface area contributed by atoms with Crippen LogP contribution in [0.5, 0.6) is 0 Å². The van der Waals surface area contributed by atoms with Gasteiger partial charge in [-0.2, -0.15) is 0 Å². The smallest absolute Gasteiger partial charge is 0.241 e. The zero-order chi connectivity index (χ0) is 14.5. The van der Waals surface area contributed by atoms with Crippen LogP contribution in [0.15, 0.2) is 0 Å². The molecule has 0 bridgehead atoms. The van der Waals surface area contributed by atoms with E-state index >= 15 is 0 Å². The van der Waals surface area contributed by atoms with E-state index in [-0.39, 0.29) is 18.1 Å². The third kappa shape index (κ3) is 3.73. The molecule has 2 fully saturated rings. The Balaban J connectivity index is 1.89. The Morgan fingerprint density at radius 2 is 2.05 bits per heavy atom. The highest BCUT2D eigenvalue weighted by atomic mass is 16.5. The molecule has 0 aromatic carbocycles. The predicted molar refractivity (Wildman–Crippen MR) is 80.3 cm³/mol. The van der Waals surface area contributed by atoms with E-state index < -0.39 is 0 Å². The monoisotopic (exact) mass is 282 g/mol. The second-order valence-corrected chi connectivity index (χ2v) is 6.62. The third-order valence-electron chi connectivity index (χ3n) is 4.47. The fourth-order valence-electron chi connectivity index (χ4n) is 3.39. The first-order valence-electron chi connectivity index (χ1n) is 8.27. The molecule has 1 aliphatic heterocycles. The molecular weight excluding hydrogens is 252 g/mol. The molecule has 1 aliphatic carbocycles. The fourth-order valence-corrected chi connectivity index (χ4v) is 3.39. The summed E-state index contributed by atoms with van der Waals surface area (Å²) in [5, 5.41) is 3.55. The van der Waals surface area contributed by atoms with Crippen molar-refractivity contribution >= 4 is 5.91 Å². The molecule has 1 saturated heterocycles. The van der Waals surface area contributed by atoms with E-state index in [9.17, 15) is 4.79 Å². The minimum Gasteiger partial charge on any atom is -0.379 e. The third-order valence-corrected chi connectivity index (χ3v) is 4.47. The quantitative estimate of drug-likeness (QED) is 0.729. The van der Waals surface area contributed by atoms with Gasteiger partial charge in [-0.25, -0.2) is 0 Å². The number of carbonyl (C=O) groups excluding carboxylic acids is 1. The molecule has 1 N–H and O–H groups in total. The van der Waals surface area contributed by atoms with Crippen molar-refractivity contribution in [1.82, 2.24) is 10.2 Å². The van der Waals surface area contributed by atoms with Crippen molar-refractivity contribution in [2.75, 3.05) is 19.8 Å². The molecule has 0 aromatic rings. The van der Waals surface area contributed by atoms with Crippen LogP contribution in [0, 0.1) is 11.8 Å². The lowest BCUT2D eigenvalue weighted by Crippen LogP contribution is -2.44. The summed E-state index contributed by atoms with van der Waals surface area (Å²) in [5.41, 5.74) is 0. The largest absolute Gasteiger partial charge is 0.379 e. The van der Waals surface area contributed by atoms with Gasteiger partial charge in [0.15, 0.2) is 0 Å². The summed E-state index contributed by atoms with van der Waals surface area (Å²) < 4.78 is 5.66. The average molecular weight is 282 g/mol. The molecule has 0 spiro atoms. The van der Waals surface area contributed by atoms with Crippen LogP contribution in [-0.2, 0) is 9.53 Å². The number of hydrogen-bond acceptors (Lipinski definition) is 3. The van der Waals surface area contributed by atoms with Crippen molar-refractivity contribution in [2.45, 2.75) is 65.1 Å². The van der Waals surface area contributed by atoms with E-state index in [1.54, 1.807) is 0 Å². The Hall–Kier alpha value is -0.610. The minimum absolute atomic E-state index is 0.0192. The maximum atomic E-state index is 12.4. The van der Waals surface area contributed by atoms with Gasteiger partial charge in [0.2, 0.25) is 5.91 Å². The standard InChI is InChI=1S/C16H30N2O2/c1-4-14-16(19)18(9-10-20-11-12(2)3)15(17-14)13-7-5-6-8-13/h12-15,17H,4-11H2,1-3H3. The van der Waals surface area contributed by atoms with Gasteiger partial charge in [0.25, 0.3) is 0 Å². The first kappa shape index (κ1) is 15.8. The van der Waals surface area contributed by atoms with Crippen LogP contribution in [0.4, 0.5) is 0 Å². The van der Waals surface area contributed by atoms with E-state index in [0.29, 0.717) is 18.4 Å². The Bertz CT molecular complexity index is 314. The SMILES string of the molecule is CCC1NC(C2CCCC2)N(CCOCC(C)C)C1=O. The summed E-state index contributed by atoms with van der Waals surface area (Å²) in [4.78, 5) is 14.5. The van der Waals surface area contributed by atoms with Crippen LogP contribution in [0.25, 0.3) is 0 Å². The molecule has 4 heteroatoms. The molecule has 116 valence electrons. The van der Waals surface area contributed by atoms with E-state index in [1.165, 1.54) is 25.7 Å². The molecule has 2 aliphatic rings. The average Bonchev–Trinajstić information content (AvgIpc) is 3.03. The van der Waals surface area contributed by atoms with Gasteiger partial charge in [0.05, 0.1) is 18.8 Å². The van der Waals surface area contributed by atoms with Gasteiger partial charge < -0.3 is 9.64 Å². The van der Waals surface area contributed by atoms with Gasteiger partial charge >= 0.3 is 0 Å². The number of rotatable bonds is 7. The summed E-state index contributed by atoms with van der Waals surface area (Å²) in [6.07, 6.45) is 6.26. The number of ether oxygens (including phenoxy) is 1. The molecule has 1 saturated carbocycles. The van der Waals surface area contributed by atoms with Gasteiger partial charge in [-0.05, 0) is 31.1 Å². The molecule has 1 heterocycles. The second kappa shape index (κ2) is 7.41. The molecule has 1 amide bonds. The maximum absolute atomic E-state index is 12.4. The van der Waals surface area contributed by atoms with E-state index in [0.717, 1.165) is 19.6 Å². The van der Waals surface area contributed by atoms with Gasteiger partial charge in [-0.15, -0.1) is 0 Å². The van der Waals surface area contributed by atoms with Crippen LogP contribution in [0.3, 0.4) is 0 Å². The zero-order valence-corrected chi connectivity index (χ0v) is 13.2. The highest BCUT2D eigenvalue weighted by Gasteiger charge is 2.41. The normalized spacial score (nSPS) is 28.0. The summed E-state index contributed by atoms with van der Waals surface area (Å²) in [7, 11) is 0. The molecule has 0 radical (unpaired) electrons. The highest BCUT2D eigenvalue weighted by molar-refractivity contribution is 5.84. The number of amides is 1. The second-order valence-electron chi connectivity index (χ2n) is 6.62. The summed E-state index contributed by atoms with van der Waals surface area (Å²) >= 11 is 0. The molecule has 2 atom stereocenters. The Morgan fingerprint density at radius 1 is 1.35 bits per heavy atom. The van der Waals surface area contributed by atoms with Gasteiger partial charge in [0, 0.05) is 13.2 Å². The fraction of sp³-hybridized carbons (Fsp3) is 0.938. The van der Waals surface area contributed by atoms with Crippen molar-refractivity contribution < 1.29 is 9.53 Å². The summed E-state index contributed by atoms with van der Waals surface area (Å²) in [6, 6.07) is 0.0192. The number of nitrogens with one attached hydrogen (secondary N) is 1. The van der Waals surface area contributed by atoms with Crippen LogP contribution in [0.1, 0.15) is 52.9 Å². The highest BCUT2D eigenvalue weighted by Crippen LogP contribution is 2.32. The van der Waals surface area contributed by atoms with Crippen molar-refractivity contribution in [3.8, 4) is 0 Å². The summed E-state index contributed by atoms with van der Waals surface area (Å²) in [6.45, 7) is 8.55. The Labute approximate surface area is 123 Å². The van der Waals surface area contributed by atoms with E-state index in [1.807, 2.05) is 4.90 Å². The Morgan fingerprint density at radius 3 is 2.65 bits per heavy atom.